The number of pyridine rings is 1. The van der Waals surface area contributed by atoms with E-state index in [1.54, 1.807) is 31.2 Å². The number of amides is 1. The monoisotopic (exact) mass is 430 g/mol. The Hall–Kier alpha value is -3.70. The summed E-state index contributed by atoms with van der Waals surface area (Å²) in [6.45, 7) is 1.39. The molecule has 4 aromatic rings. The van der Waals surface area contributed by atoms with Crippen molar-refractivity contribution < 1.29 is 14.3 Å². The number of nitrogens with one attached hydrogen (secondary N) is 1. The maximum absolute atomic E-state index is 12.9. The zero-order valence-corrected chi connectivity index (χ0v) is 17.5. The summed E-state index contributed by atoms with van der Waals surface area (Å²) >= 11 is 6.08. The van der Waals surface area contributed by atoms with Gasteiger partial charge in [-0.2, -0.15) is 0 Å². The van der Waals surface area contributed by atoms with Gasteiger partial charge in [0.25, 0.3) is 5.91 Å². The second-order valence-corrected chi connectivity index (χ2v) is 7.38. The molecule has 3 aromatic carbocycles. The number of fused-ring (bicyclic) bond motifs is 1. The molecule has 0 bridgehead atoms. The molecule has 0 saturated heterocycles. The predicted octanol–water partition coefficient (Wildman–Crippen LogP) is 5.66. The first kappa shape index (κ1) is 20.6. The number of nitrogens with zero attached hydrogens (tertiary/aromatic N) is 1. The van der Waals surface area contributed by atoms with Crippen molar-refractivity contribution in [2.75, 3.05) is 11.9 Å². The van der Waals surface area contributed by atoms with E-state index >= 15 is 0 Å². The molecule has 0 atom stereocenters. The SMILES string of the molecule is Cc1c(Cl)cccc1NC(=O)COC(=O)c1cc(-c2ccccc2)nc2ccccc12. The molecule has 0 unspecified atom stereocenters. The Bertz CT molecular complexity index is 1270. The summed E-state index contributed by atoms with van der Waals surface area (Å²) in [6, 6.07) is 23.8. The lowest BCUT2D eigenvalue weighted by Crippen LogP contribution is -2.21. The number of hydrogen-bond donors (Lipinski definition) is 1. The molecule has 154 valence electrons. The number of hydrogen-bond acceptors (Lipinski definition) is 4. The molecule has 1 heterocycles. The van der Waals surface area contributed by atoms with Crippen LogP contribution in [-0.2, 0) is 9.53 Å². The van der Waals surface area contributed by atoms with Crippen molar-refractivity contribution in [2.24, 2.45) is 0 Å². The van der Waals surface area contributed by atoms with E-state index in [9.17, 15) is 9.59 Å². The molecule has 0 aliphatic heterocycles. The maximum Gasteiger partial charge on any atom is 0.339 e. The van der Waals surface area contributed by atoms with Crippen LogP contribution < -0.4 is 5.32 Å². The number of rotatable bonds is 5. The minimum atomic E-state index is -0.589. The van der Waals surface area contributed by atoms with Gasteiger partial charge in [0.15, 0.2) is 6.61 Å². The average Bonchev–Trinajstić information content (AvgIpc) is 2.80. The summed E-state index contributed by atoms with van der Waals surface area (Å²) < 4.78 is 5.32. The van der Waals surface area contributed by atoms with Gasteiger partial charge in [0.2, 0.25) is 0 Å². The standard InChI is InChI=1S/C25H19ClN2O3/c1-16-20(26)11-7-13-21(16)28-24(29)15-31-25(30)19-14-23(17-8-3-2-4-9-17)27-22-12-6-5-10-18(19)22/h2-14H,15H2,1H3,(H,28,29). The first-order valence-corrected chi connectivity index (χ1v) is 10.1. The van der Waals surface area contributed by atoms with E-state index in [2.05, 4.69) is 10.3 Å². The molecule has 1 aromatic heterocycles. The summed E-state index contributed by atoms with van der Waals surface area (Å²) in [7, 11) is 0. The van der Waals surface area contributed by atoms with Crippen LogP contribution in [0.4, 0.5) is 5.69 Å². The quantitative estimate of drug-likeness (QED) is 0.415. The summed E-state index contributed by atoms with van der Waals surface area (Å²) in [4.78, 5) is 29.8. The van der Waals surface area contributed by atoms with Crippen molar-refractivity contribution in [3.63, 3.8) is 0 Å². The van der Waals surface area contributed by atoms with Crippen LogP contribution in [0.2, 0.25) is 5.02 Å². The number of esters is 1. The lowest BCUT2D eigenvalue weighted by molar-refractivity contribution is -0.119. The van der Waals surface area contributed by atoms with Crippen molar-refractivity contribution in [1.29, 1.82) is 0 Å². The Morgan fingerprint density at radius 2 is 1.71 bits per heavy atom. The highest BCUT2D eigenvalue weighted by Crippen LogP contribution is 2.26. The highest BCUT2D eigenvalue weighted by Gasteiger charge is 2.17. The molecule has 6 heteroatoms. The van der Waals surface area contributed by atoms with Gasteiger partial charge in [-0.05, 0) is 36.8 Å². The lowest BCUT2D eigenvalue weighted by atomic mass is 10.0. The fourth-order valence-electron chi connectivity index (χ4n) is 3.24. The van der Waals surface area contributed by atoms with E-state index in [-0.39, 0.29) is 0 Å². The minimum Gasteiger partial charge on any atom is -0.452 e. The Labute approximate surface area is 184 Å². The van der Waals surface area contributed by atoms with E-state index in [1.807, 2.05) is 54.6 Å². The number of carbonyl (C=O) groups excluding carboxylic acids is 2. The first-order valence-electron chi connectivity index (χ1n) is 9.70. The van der Waals surface area contributed by atoms with Crippen molar-refractivity contribution in [2.45, 2.75) is 6.92 Å². The molecule has 1 amide bonds. The van der Waals surface area contributed by atoms with E-state index in [0.717, 1.165) is 11.1 Å². The molecule has 0 aliphatic rings. The molecule has 0 radical (unpaired) electrons. The largest absolute Gasteiger partial charge is 0.452 e. The van der Waals surface area contributed by atoms with Crippen LogP contribution >= 0.6 is 11.6 Å². The zero-order valence-electron chi connectivity index (χ0n) is 16.8. The van der Waals surface area contributed by atoms with Gasteiger partial charge in [-0.25, -0.2) is 9.78 Å². The number of para-hydroxylation sites is 1. The van der Waals surface area contributed by atoms with Gasteiger partial charge < -0.3 is 10.1 Å². The molecule has 31 heavy (non-hydrogen) atoms. The Morgan fingerprint density at radius 3 is 2.52 bits per heavy atom. The van der Waals surface area contributed by atoms with Crippen LogP contribution in [0.5, 0.6) is 0 Å². The van der Waals surface area contributed by atoms with Crippen LogP contribution in [0.15, 0.2) is 78.9 Å². The number of aromatic nitrogens is 1. The topological polar surface area (TPSA) is 68.3 Å². The van der Waals surface area contributed by atoms with Gasteiger partial charge >= 0.3 is 5.97 Å². The summed E-state index contributed by atoms with van der Waals surface area (Å²) in [5.74, 6) is -1.03. The third kappa shape index (κ3) is 4.57. The van der Waals surface area contributed by atoms with Crippen LogP contribution in [0, 0.1) is 6.92 Å². The van der Waals surface area contributed by atoms with Crippen LogP contribution in [0.3, 0.4) is 0 Å². The normalized spacial score (nSPS) is 10.6. The molecule has 0 aliphatic carbocycles. The summed E-state index contributed by atoms with van der Waals surface area (Å²) in [5, 5.41) is 3.93. The molecular weight excluding hydrogens is 412 g/mol. The van der Waals surface area contributed by atoms with Gasteiger partial charge in [-0.3, -0.25) is 4.79 Å². The van der Waals surface area contributed by atoms with E-state index in [4.69, 9.17) is 16.3 Å². The number of benzene rings is 3. The van der Waals surface area contributed by atoms with E-state index in [0.29, 0.717) is 32.9 Å². The molecular formula is C25H19ClN2O3. The number of anilines is 1. The predicted molar refractivity (Wildman–Crippen MR) is 122 cm³/mol. The Kier molecular flexibility index (Phi) is 5.96. The molecule has 1 N–H and O–H groups in total. The molecule has 0 spiro atoms. The Balaban J connectivity index is 1.56. The lowest BCUT2D eigenvalue weighted by Gasteiger charge is -2.11. The fraction of sp³-hybridized carbons (Fsp3) is 0.0800. The van der Waals surface area contributed by atoms with Gasteiger partial charge in [0.1, 0.15) is 0 Å². The fourth-order valence-corrected chi connectivity index (χ4v) is 3.41. The third-order valence-corrected chi connectivity index (χ3v) is 5.29. The van der Waals surface area contributed by atoms with Crippen molar-refractivity contribution >= 4 is 40.1 Å². The molecule has 0 fully saturated rings. The van der Waals surface area contributed by atoms with Crippen molar-refractivity contribution in [1.82, 2.24) is 4.98 Å². The summed E-state index contributed by atoms with van der Waals surface area (Å²) in [6.07, 6.45) is 0. The zero-order chi connectivity index (χ0) is 21.8. The van der Waals surface area contributed by atoms with Gasteiger partial charge in [0.05, 0.1) is 16.8 Å². The van der Waals surface area contributed by atoms with Crippen molar-refractivity contribution in [3.8, 4) is 11.3 Å². The second kappa shape index (κ2) is 8.98. The van der Waals surface area contributed by atoms with E-state index in [1.165, 1.54) is 0 Å². The van der Waals surface area contributed by atoms with Gasteiger partial charge in [-0.15, -0.1) is 0 Å². The molecule has 4 rings (SSSR count). The van der Waals surface area contributed by atoms with Gasteiger partial charge in [-0.1, -0.05) is 66.2 Å². The number of ether oxygens (including phenoxy) is 1. The minimum absolute atomic E-state index is 0.358. The van der Waals surface area contributed by atoms with Crippen molar-refractivity contribution in [3.05, 3.63) is 95.0 Å². The maximum atomic E-state index is 12.9. The molecule has 5 nitrogen and oxygen atoms in total. The van der Waals surface area contributed by atoms with Crippen LogP contribution in [0.1, 0.15) is 15.9 Å². The smallest absolute Gasteiger partial charge is 0.339 e. The second-order valence-electron chi connectivity index (χ2n) is 6.97. The Morgan fingerprint density at radius 1 is 0.968 bits per heavy atom. The highest BCUT2D eigenvalue weighted by molar-refractivity contribution is 6.31. The molecule has 0 saturated carbocycles. The average molecular weight is 431 g/mol. The summed E-state index contributed by atoms with van der Waals surface area (Å²) in [5.41, 5.74) is 3.90. The van der Waals surface area contributed by atoms with Crippen LogP contribution in [0.25, 0.3) is 22.2 Å². The number of carbonyl (C=O) groups is 2. The first-order chi connectivity index (χ1) is 15.0. The third-order valence-electron chi connectivity index (χ3n) is 4.88. The number of halogens is 1. The van der Waals surface area contributed by atoms with Gasteiger partial charge in [0, 0.05) is 21.7 Å². The highest BCUT2D eigenvalue weighted by atomic mass is 35.5. The van der Waals surface area contributed by atoms with E-state index < -0.39 is 18.5 Å². The van der Waals surface area contributed by atoms with Crippen LogP contribution in [-0.4, -0.2) is 23.5 Å².